The number of halogens is 1. The molecule has 2 aromatic rings. The van der Waals surface area contributed by atoms with Crippen molar-refractivity contribution in [1.82, 2.24) is 0 Å². The van der Waals surface area contributed by atoms with Crippen LogP contribution in [0.1, 0.15) is 12.5 Å². The minimum absolute atomic E-state index is 0.295. The standard InChI is InChI=1S/C19H20ClNO4/c1-12(15-7-6-14(23-2)11-18(15)25-4)9-19(22)21-16-10-13(20)5-8-17(16)24-3/h5-11H,1-4H3,(H,21,22)/b12-9+. The summed E-state index contributed by atoms with van der Waals surface area (Å²) in [6.45, 7) is 1.83. The molecule has 0 bridgehead atoms. The van der Waals surface area contributed by atoms with E-state index in [0.717, 1.165) is 11.1 Å². The van der Waals surface area contributed by atoms with Gasteiger partial charge >= 0.3 is 0 Å². The minimum atomic E-state index is -0.295. The molecule has 0 aliphatic carbocycles. The molecule has 0 saturated carbocycles. The molecule has 0 aliphatic heterocycles. The van der Waals surface area contributed by atoms with E-state index in [4.69, 9.17) is 25.8 Å². The molecule has 0 atom stereocenters. The summed E-state index contributed by atoms with van der Waals surface area (Å²) >= 11 is 5.98. The Bertz CT molecular complexity index is 802. The fourth-order valence-electron chi connectivity index (χ4n) is 2.35. The highest BCUT2D eigenvalue weighted by Crippen LogP contribution is 2.31. The van der Waals surface area contributed by atoms with Crippen molar-refractivity contribution in [2.24, 2.45) is 0 Å². The number of carbonyl (C=O) groups is 1. The second kappa shape index (κ2) is 8.44. The molecule has 5 nitrogen and oxygen atoms in total. The topological polar surface area (TPSA) is 56.8 Å². The lowest BCUT2D eigenvalue weighted by molar-refractivity contribution is -0.111. The number of hydrogen-bond acceptors (Lipinski definition) is 4. The van der Waals surface area contributed by atoms with Gasteiger partial charge in [-0.05, 0) is 42.8 Å². The predicted octanol–water partition coefficient (Wildman–Crippen LogP) is 4.41. The number of methoxy groups -OCH3 is 3. The van der Waals surface area contributed by atoms with Crippen molar-refractivity contribution in [2.45, 2.75) is 6.92 Å². The number of ether oxygens (including phenoxy) is 3. The van der Waals surface area contributed by atoms with Gasteiger partial charge in [0.1, 0.15) is 17.2 Å². The van der Waals surface area contributed by atoms with Gasteiger partial charge < -0.3 is 19.5 Å². The van der Waals surface area contributed by atoms with Gasteiger partial charge in [-0.1, -0.05) is 11.6 Å². The third-order valence-corrected chi connectivity index (χ3v) is 3.84. The fourth-order valence-corrected chi connectivity index (χ4v) is 2.52. The van der Waals surface area contributed by atoms with Gasteiger partial charge in [0.05, 0.1) is 27.0 Å². The fraction of sp³-hybridized carbons (Fsp3) is 0.211. The zero-order valence-corrected chi connectivity index (χ0v) is 15.3. The molecule has 0 heterocycles. The first kappa shape index (κ1) is 18.7. The summed E-state index contributed by atoms with van der Waals surface area (Å²) in [5, 5.41) is 3.28. The van der Waals surface area contributed by atoms with Crippen molar-refractivity contribution < 1.29 is 19.0 Å². The van der Waals surface area contributed by atoms with E-state index >= 15 is 0 Å². The van der Waals surface area contributed by atoms with E-state index in [1.807, 2.05) is 19.1 Å². The van der Waals surface area contributed by atoms with Crippen molar-refractivity contribution in [1.29, 1.82) is 0 Å². The monoisotopic (exact) mass is 361 g/mol. The molecule has 1 amide bonds. The average Bonchev–Trinajstić information content (AvgIpc) is 2.61. The van der Waals surface area contributed by atoms with Gasteiger partial charge in [0, 0.05) is 22.7 Å². The molecule has 6 heteroatoms. The number of hydrogen-bond donors (Lipinski definition) is 1. The quantitative estimate of drug-likeness (QED) is 0.774. The van der Waals surface area contributed by atoms with Crippen LogP contribution in [-0.2, 0) is 4.79 Å². The van der Waals surface area contributed by atoms with Crippen molar-refractivity contribution in [3.05, 3.63) is 53.1 Å². The normalized spacial score (nSPS) is 11.0. The third-order valence-electron chi connectivity index (χ3n) is 3.60. The maximum absolute atomic E-state index is 12.3. The molecule has 0 fully saturated rings. The molecule has 0 spiro atoms. The molecular formula is C19H20ClNO4. The Balaban J connectivity index is 2.25. The Hall–Kier alpha value is -2.66. The molecule has 0 aromatic heterocycles. The van der Waals surface area contributed by atoms with Gasteiger partial charge in [0.2, 0.25) is 5.91 Å². The summed E-state index contributed by atoms with van der Waals surface area (Å²) in [4.78, 5) is 12.3. The van der Waals surface area contributed by atoms with Gasteiger partial charge in [-0.2, -0.15) is 0 Å². The number of rotatable bonds is 6. The third kappa shape index (κ3) is 4.67. The first-order valence-corrected chi connectivity index (χ1v) is 7.91. The first-order chi connectivity index (χ1) is 12.0. The molecule has 2 rings (SSSR count). The maximum atomic E-state index is 12.3. The summed E-state index contributed by atoms with van der Waals surface area (Å²) in [6, 6.07) is 10.4. The van der Waals surface area contributed by atoms with Crippen LogP contribution in [0.25, 0.3) is 5.57 Å². The average molecular weight is 362 g/mol. The molecule has 0 radical (unpaired) electrons. The largest absolute Gasteiger partial charge is 0.497 e. The molecule has 25 heavy (non-hydrogen) atoms. The van der Waals surface area contributed by atoms with Gasteiger partial charge in [-0.15, -0.1) is 0 Å². The van der Waals surface area contributed by atoms with Crippen LogP contribution >= 0.6 is 11.6 Å². The van der Waals surface area contributed by atoms with E-state index < -0.39 is 0 Å². The second-order valence-corrected chi connectivity index (χ2v) is 5.66. The van der Waals surface area contributed by atoms with Crippen LogP contribution < -0.4 is 19.5 Å². The van der Waals surface area contributed by atoms with Crippen LogP contribution in [0.5, 0.6) is 17.2 Å². The highest BCUT2D eigenvalue weighted by molar-refractivity contribution is 6.31. The summed E-state index contributed by atoms with van der Waals surface area (Å²) < 4.78 is 15.8. The molecule has 1 N–H and O–H groups in total. The molecule has 0 saturated heterocycles. The Kier molecular flexibility index (Phi) is 6.31. The number of nitrogens with one attached hydrogen (secondary N) is 1. The van der Waals surface area contributed by atoms with Crippen molar-refractivity contribution in [3.63, 3.8) is 0 Å². The van der Waals surface area contributed by atoms with E-state index in [1.54, 1.807) is 38.5 Å². The first-order valence-electron chi connectivity index (χ1n) is 7.53. The van der Waals surface area contributed by atoms with Crippen molar-refractivity contribution in [3.8, 4) is 17.2 Å². The van der Waals surface area contributed by atoms with Crippen LogP contribution in [0.3, 0.4) is 0 Å². The molecule has 0 unspecified atom stereocenters. The second-order valence-electron chi connectivity index (χ2n) is 5.23. The van der Waals surface area contributed by atoms with E-state index in [-0.39, 0.29) is 5.91 Å². The number of carbonyl (C=O) groups excluding carboxylic acids is 1. The molecular weight excluding hydrogens is 342 g/mol. The Morgan fingerprint density at radius 2 is 1.72 bits per heavy atom. The minimum Gasteiger partial charge on any atom is -0.497 e. The van der Waals surface area contributed by atoms with Gasteiger partial charge in [-0.3, -0.25) is 4.79 Å². The number of anilines is 1. The molecule has 132 valence electrons. The smallest absolute Gasteiger partial charge is 0.248 e. The summed E-state index contributed by atoms with van der Waals surface area (Å²) in [5.41, 5.74) is 2.06. The highest BCUT2D eigenvalue weighted by atomic mass is 35.5. The maximum Gasteiger partial charge on any atom is 0.248 e. The predicted molar refractivity (Wildman–Crippen MR) is 99.8 cm³/mol. The summed E-state index contributed by atoms with van der Waals surface area (Å²) in [6.07, 6.45) is 1.49. The highest BCUT2D eigenvalue weighted by Gasteiger charge is 2.10. The van der Waals surface area contributed by atoms with Gasteiger partial charge in [0.15, 0.2) is 0 Å². The van der Waals surface area contributed by atoms with Gasteiger partial charge in [0.25, 0.3) is 0 Å². The Morgan fingerprint density at radius 3 is 2.36 bits per heavy atom. The SMILES string of the molecule is COc1ccc(/C(C)=C/C(=O)Nc2cc(Cl)ccc2OC)c(OC)c1. The van der Waals surface area contributed by atoms with Gasteiger partial charge in [-0.25, -0.2) is 0 Å². The lowest BCUT2D eigenvalue weighted by atomic mass is 10.1. The lowest BCUT2D eigenvalue weighted by Crippen LogP contribution is -2.09. The number of benzene rings is 2. The van der Waals surface area contributed by atoms with Crippen molar-refractivity contribution >= 4 is 28.8 Å². The van der Waals surface area contributed by atoms with Crippen LogP contribution in [0, 0.1) is 0 Å². The Morgan fingerprint density at radius 1 is 1.00 bits per heavy atom. The zero-order valence-electron chi connectivity index (χ0n) is 14.6. The Labute approximate surface area is 152 Å². The van der Waals surface area contributed by atoms with Crippen LogP contribution in [0.15, 0.2) is 42.5 Å². The van der Waals surface area contributed by atoms with Crippen LogP contribution in [0.2, 0.25) is 5.02 Å². The van der Waals surface area contributed by atoms with Crippen LogP contribution in [-0.4, -0.2) is 27.2 Å². The summed E-state index contributed by atoms with van der Waals surface area (Å²) in [5.74, 6) is 1.55. The van der Waals surface area contributed by atoms with Crippen molar-refractivity contribution in [2.75, 3.05) is 26.6 Å². The lowest BCUT2D eigenvalue weighted by Gasteiger charge is -2.12. The van der Waals surface area contributed by atoms with E-state index in [0.29, 0.717) is 28.0 Å². The number of amides is 1. The number of allylic oxidation sites excluding steroid dienone is 1. The molecule has 2 aromatic carbocycles. The zero-order chi connectivity index (χ0) is 18.4. The van der Waals surface area contributed by atoms with E-state index in [9.17, 15) is 4.79 Å². The van der Waals surface area contributed by atoms with Crippen LogP contribution in [0.4, 0.5) is 5.69 Å². The van der Waals surface area contributed by atoms with E-state index in [2.05, 4.69) is 5.32 Å². The van der Waals surface area contributed by atoms with E-state index in [1.165, 1.54) is 13.2 Å². The summed E-state index contributed by atoms with van der Waals surface area (Å²) in [7, 11) is 4.69. The molecule has 0 aliphatic rings.